The zero-order chi connectivity index (χ0) is 19.8. The standard InChI is InChI=1S/C24H13BrO3S/c25-15-9-10-17-19-12-14(8-11-22(19)29(26,27)23(17)13-15)16-5-3-7-21-24(16)18-4-1-2-6-20(18)28-21/h1-13H. The number of hydrogen-bond donors (Lipinski definition) is 0. The van der Waals surface area contributed by atoms with E-state index in [0.717, 1.165) is 48.7 Å². The summed E-state index contributed by atoms with van der Waals surface area (Å²) < 4.78 is 32.7. The molecule has 0 radical (unpaired) electrons. The Morgan fingerprint density at radius 1 is 0.690 bits per heavy atom. The maximum Gasteiger partial charge on any atom is 0.207 e. The van der Waals surface area contributed by atoms with E-state index in [4.69, 9.17) is 4.42 Å². The fourth-order valence-electron chi connectivity index (χ4n) is 4.22. The van der Waals surface area contributed by atoms with Crippen LogP contribution in [0.3, 0.4) is 0 Å². The Balaban J connectivity index is 1.66. The zero-order valence-electron chi connectivity index (χ0n) is 15.0. The Hall–Kier alpha value is -2.89. The molecule has 0 unspecified atom stereocenters. The SMILES string of the molecule is O=S1(=O)c2ccc(-c3cccc4oc5ccccc5c34)cc2-c2ccc(Br)cc21. The van der Waals surface area contributed by atoms with Gasteiger partial charge in [0.25, 0.3) is 0 Å². The van der Waals surface area contributed by atoms with Gasteiger partial charge in [-0.15, -0.1) is 0 Å². The highest BCUT2D eigenvalue weighted by molar-refractivity contribution is 9.10. The summed E-state index contributed by atoms with van der Waals surface area (Å²) in [4.78, 5) is 0.713. The highest BCUT2D eigenvalue weighted by atomic mass is 79.9. The summed E-state index contributed by atoms with van der Waals surface area (Å²) in [7, 11) is -3.50. The van der Waals surface area contributed by atoms with Crippen molar-refractivity contribution in [1.82, 2.24) is 0 Å². The van der Waals surface area contributed by atoms with Gasteiger partial charge in [0, 0.05) is 26.4 Å². The summed E-state index contributed by atoms with van der Waals surface area (Å²) in [5, 5.41) is 2.09. The topological polar surface area (TPSA) is 47.3 Å². The van der Waals surface area contributed by atoms with Crippen molar-refractivity contribution in [2.75, 3.05) is 0 Å². The third-order valence-electron chi connectivity index (χ3n) is 5.51. The number of furan rings is 1. The van der Waals surface area contributed by atoms with Crippen LogP contribution in [0.5, 0.6) is 0 Å². The predicted octanol–water partition coefficient (Wildman–Crippen LogP) is 6.83. The predicted molar refractivity (Wildman–Crippen MR) is 118 cm³/mol. The monoisotopic (exact) mass is 460 g/mol. The fraction of sp³-hybridized carbons (Fsp3) is 0. The van der Waals surface area contributed by atoms with Crippen molar-refractivity contribution in [3.63, 3.8) is 0 Å². The third-order valence-corrected chi connectivity index (χ3v) is 7.85. The second-order valence-corrected chi connectivity index (χ2v) is 9.93. The van der Waals surface area contributed by atoms with Crippen LogP contribution in [0.15, 0.2) is 97.5 Å². The molecule has 1 aliphatic rings. The number of fused-ring (bicyclic) bond motifs is 6. The number of hydrogen-bond acceptors (Lipinski definition) is 3. The summed E-state index contributed by atoms with van der Waals surface area (Å²) in [5.41, 5.74) is 5.14. The Labute approximate surface area is 175 Å². The molecule has 0 saturated carbocycles. The van der Waals surface area contributed by atoms with Gasteiger partial charge in [-0.3, -0.25) is 0 Å². The van der Waals surface area contributed by atoms with Crippen LogP contribution in [0.4, 0.5) is 0 Å². The maximum absolute atomic E-state index is 13.0. The molecular formula is C24H13BrO3S. The molecular weight excluding hydrogens is 448 g/mol. The van der Waals surface area contributed by atoms with E-state index in [1.165, 1.54) is 0 Å². The van der Waals surface area contributed by atoms with Crippen molar-refractivity contribution in [2.45, 2.75) is 9.79 Å². The van der Waals surface area contributed by atoms with Gasteiger partial charge in [0.2, 0.25) is 9.84 Å². The fourth-order valence-corrected chi connectivity index (χ4v) is 6.42. The summed E-state index contributed by atoms with van der Waals surface area (Å²) in [6, 6.07) is 24.9. The first-order valence-corrected chi connectivity index (χ1v) is 11.4. The normalized spacial score (nSPS) is 14.2. The minimum absolute atomic E-state index is 0.353. The van der Waals surface area contributed by atoms with Gasteiger partial charge in [-0.2, -0.15) is 0 Å². The van der Waals surface area contributed by atoms with E-state index in [1.54, 1.807) is 12.1 Å². The maximum atomic E-state index is 13.0. The molecule has 0 atom stereocenters. The molecule has 0 fully saturated rings. The van der Waals surface area contributed by atoms with Crippen molar-refractivity contribution in [1.29, 1.82) is 0 Å². The van der Waals surface area contributed by atoms with Crippen LogP contribution < -0.4 is 0 Å². The third kappa shape index (κ3) is 2.32. The van der Waals surface area contributed by atoms with Crippen LogP contribution in [0, 0.1) is 0 Å². The van der Waals surface area contributed by atoms with Gasteiger partial charge in [-0.25, -0.2) is 8.42 Å². The lowest BCUT2D eigenvalue weighted by atomic mass is 9.96. The molecule has 1 aliphatic heterocycles. The number of rotatable bonds is 1. The highest BCUT2D eigenvalue weighted by Gasteiger charge is 2.33. The molecule has 0 N–H and O–H groups in total. The van der Waals surface area contributed by atoms with E-state index in [1.807, 2.05) is 54.6 Å². The van der Waals surface area contributed by atoms with Crippen LogP contribution in [0.25, 0.3) is 44.2 Å². The van der Waals surface area contributed by atoms with E-state index < -0.39 is 9.84 Å². The Bertz CT molecular complexity index is 1580. The second kappa shape index (κ2) is 5.81. The summed E-state index contributed by atoms with van der Waals surface area (Å²) in [6.07, 6.45) is 0. The molecule has 4 aromatic carbocycles. The van der Waals surface area contributed by atoms with E-state index in [-0.39, 0.29) is 0 Å². The summed E-state index contributed by atoms with van der Waals surface area (Å²) in [5.74, 6) is 0. The first kappa shape index (κ1) is 17.0. The van der Waals surface area contributed by atoms with Gasteiger partial charge in [0.05, 0.1) is 9.79 Å². The Kier molecular flexibility index (Phi) is 3.41. The zero-order valence-corrected chi connectivity index (χ0v) is 17.4. The van der Waals surface area contributed by atoms with Crippen LogP contribution in [0.1, 0.15) is 0 Å². The number of halogens is 1. The smallest absolute Gasteiger partial charge is 0.207 e. The van der Waals surface area contributed by atoms with Gasteiger partial charge in [0.1, 0.15) is 11.2 Å². The lowest BCUT2D eigenvalue weighted by molar-refractivity contribution is 0.598. The molecule has 0 amide bonds. The molecule has 0 spiro atoms. The molecule has 5 heteroatoms. The van der Waals surface area contributed by atoms with Crippen molar-refractivity contribution < 1.29 is 12.8 Å². The Morgan fingerprint density at radius 2 is 1.52 bits per heavy atom. The minimum Gasteiger partial charge on any atom is -0.456 e. The van der Waals surface area contributed by atoms with Crippen molar-refractivity contribution in [3.05, 3.63) is 83.3 Å². The summed E-state index contributed by atoms with van der Waals surface area (Å²) in [6.45, 7) is 0. The van der Waals surface area contributed by atoms with Gasteiger partial charge < -0.3 is 4.42 Å². The average molecular weight is 461 g/mol. The van der Waals surface area contributed by atoms with Crippen LogP contribution in [-0.4, -0.2) is 8.42 Å². The minimum atomic E-state index is -3.50. The lowest BCUT2D eigenvalue weighted by Gasteiger charge is -2.07. The van der Waals surface area contributed by atoms with Gasteiger partial charge in [-0.05, 0) is 47.5 Å². The van der Waals surface area contributed by atoms with Crippen molar-refractivity contribution in [2.24, 2.45) is 0 Å². The first-order valence-electron chi connectivity index (χ1n) is 9.14. The summed E-state index contributed by atoms with van der Waals surface area (Å²) >= 11 is 3.38. The number of sulfone groups is 1. The highest BCUT2D eigenvalue weighted by Crippen LogP contribution is 2.46. The molecule has 1 aromatic heterocycles. The second-order valence-electron chi connectivity index (χ2n) is 7.13. The largest absolute Gasteiger partial charge is 0.456 e. The van der Waals surface area contributed by atoms with E-state index in [2.05, 4.69) is 28.1 Å². The van der Waals surface area contributed by atoms with E-state index in [0.29, 0.717) is 9.79 Å². The van der Waals surface area contributed by atoms with Crippen molar-refractivity contribution >= 4 is 47.7 Å². The van der Waals surface area contributed by atoms with Gasteiger partial charge >= 0.3 is 0 Å². The number of benzene rings is 4. The average Bonchev–Trinajstić information content (AvgIpc) is 3.21. The molecule has 0 bridgehead atoms. The first-order chi connectivity index (χ1) is 14.0. The Morgan fingerprint density at radius 3 is 2.41 bits per heavy atom. The molecule has 0 saturated heterocycles. The quantitative estimate of drug-likeness (QED) is 0.270. The van der Waals surface area contributed by atoms with Crippen LogP contribution >= 0.6 is 15.9 Å². The molecule has 29 heavy (non-hydrogen) atoms. The van der Waals surface area contributed by atoms with Gasteiger partial charge in [-0.1, -0.05) is 58.4 Å². The molecule has 6 rings (SSSR count). The van der Waals surface area contributed by atoms with Gasteiger partial charge in [0.15, 0.2) is 0 Å². The van der Waals surface area contributed by atoms with Crippen LogP contribution in [-0.2, 0) is 9.84 Å². The van der Waals surface area contributed by atoms with Crippen LogP contribution in [0.2, 0.25) is 0 Å². The van der Waals surface area contributed by atoms with E-state index >= 15 is 0 Å². The molecule has 5 aromatic rings. The van der Waals surface area contributed by atoms with E-state index in [9.17, 15) is 8.42 Å². The lowest BCUT2D eigenvalue weighted by Crippen LogP contribution is -1.96. The number of para-hydroxylation sites is 1. The molecule has 3 nitrogen and oxygen atoms in total. The van der Waals surface area contributed by atoms with Crippen molar-refractivity contribution in [3.8, 4) is 22.3 Å². The molecule has 140 valence electrons. The molecule has 2 heterocycles. The molecule has 0 aliphatic carbocycles.